The largest absolute Gasteiger partial charge is 0.311 e. The summed E-state index contributed by atoms with van der Waals surface area (Å²) in [6, 6.07) is 6.58. The van der Waals surface area contributed by atoms with Gasteiger partial charge in [-0.1, -0.05) is 28.1 Å². The summed E-state index contributed by atoms with van der Waals surface area (Å²) in [5.41, 5.74) is 2.84. The maximum absolute atomic E-state index is 3.58. The molecule has 1 aromatic rings. The first-order valence-electron chi connectivity index (χ1n) is 6.46. The number of aryl methyl sites for hydroxylation is 1. The van der Waals surface area contributed by atoms with Gasteiger partial charge in [-0.3, -0.25) is 0 Å². The summed E-state index contributed by atoms with van der Waals surface area (Å²) in [7, 11) is 2.16. The third-order valence-corrected chi connectivity index (χ3v) is 3.69. The standard InChI is InChI=1S/C15H25BrN2/c1-12-6-7-13(10-14(12)16)11-18(5)9-8-17-15(2,3)4/h6-7,10,17H,8-9,11H2,1-5H3. The number of hydrogen-bond acceptors (Lipinski definition) is 2. The maximum atomic E-state index is 3.58. The molecule has 18 heavy (non-hydrogen) atoms. The molecule has 102 valence electrons. The molecule has 0 radical (unpaired) electrons. The summed E-state index contributed by atoms with van der Waals surface area (Å²) >= 11 is 3.58. The molecular weight excluding hydrogens is 288 g/mol. The summed E-state index contributed by atoms with van der Waals surface area (Å²) in [6.45, 7) is 11.8. The summed E-state index contributed by atoms with van der Waals surface area (Å²) in [5, 5.41) is 3.51. The van der Waals surface area contributed by atoms with E-state index in [2.05, 4.69) is 79.1 Å². The Morgan fingerprint density at radius 1 is 1.28 bits per heavy atom. The van der Waals surface area contributed by atoms with Gasteiger partial charge in [-0.25, -0.2) is 0 Å². The van der Waals surface area contributed by atoms with Crippen molar-refractivity contribution in [2.24, 2.45) is 0 Å². The first kappa shape index (κ1) is 15.7. The molecule has 0 heterocycles. The van der Waals surface area contributed by atoms with Gasteiger partial charge in [0.05, 0.1) is 0 Å². The summed E-state index contributed by atoms with van der Waals surface area (Å²) < 4.78 is 1.20. The zero-order valence-corrected chi connectivity index (χ0v) is 13.8. The normalized spacial score (nSPS) is 12.2. The average Bonchev–Trinajstić information content (AvgIpc) is 2.21. The van der Waals surface area contributed by atoms with Crippen molar-refractivity contribution in [2.75, 3.05) is 20.1 Å². The molecule has 0 saturated heterocycles. The second-order valence-corrected chi connectivity index (χ2v) is 6.85. The van der Waals surface area contributed by atoms with Crippen LogP contribution in [0.2, 0.25) is 0 Å². The monoisotopic (exact) mass is 312 g/mol. The highest BCUT2D eigenvalue weighted by atomic mass is 79.9. The van der Waals surface area contributed by atoms with Crippen LogP contribution in [0.25, 0.3) is 0 Å². The topological polar surface area (TPSA) is 15.3 Å². The van der Waals surface area contributed by atoms with Crippen LogP contribution in [0.4, 0.5) is 0 Å². The van der Waals surface area contributed by atoms with E-state index in [4.69, 9.17) is 0 Å². The number of halogens is 1. The molecular formula is C15H25BrN2. The van der Waals surface area contributed by atoms with E-state index in [1.54, 1.807) is 0 Å². The van der Waals surface area contributed by atoms with E-state index in [0.717, 1.165) is 19.6 Å². The Balaban J connectivity index is 2.40. The first-order valence-corrected chi connectivity index (χ1v) is 7.26. The van der Waals surface area contributed by atoms with Gasteiger partial charge in [0.25, 0.3) is 0 Å². The highest BCUT2D eigenvalue weighted by molar-refractivity contribution is 9.10. The second kappa shape index (κ2) is 6.69. The molecule has 0 unspecified atom stereocenters. The maximum Gasteiger partial charge on any atom is 0.0231 e. The Bertz CT molecular complexity index is 383. The molecule has 1 aromatic carbocycles. The van der Waals surface area contributed by atoms with Gasteiger partial charge in [0.2, 0.25) is 0 Å². The van der Waals surface area contributed by atoms with Crippen molar-refractivity contribution >= 4 is 15.9 Å². The molecule has 0 aliphatic rings. The molecule has 0 atom stereocenters. The Kier molecular flexibility index (Phi) is 5.83. The Morgan fingerprint density at radius 2 is 1.94 bits per heavy atom. The quantitative estimate of drug-likeness (QED) is 0.894. The summed E-state index contributed by atoms with van der Waals surface area (Å²) in [6.07, 6.45) is 0. The van der Waals surface area contributed by atoms with E-state index in [0.29, 0.717) is 0 Å². The molecule has 0 fully saturated rings. The van der Waals surface area contributed by atoms with E-state index >= 15 is 0 Å². The lowest BCUT2D eigenvalue weighted by molar-refractivity contribution is 0.303. The summed E-state index contributed by atoms with van der Waals surface area (Å²) in [4.78, 5) is 2.34. The summed E-state index contributed by atoms with van der Waals surface area (Å²) in [5.74, 6) is 0. The van der Waals surface area contributed by atoms with Crippen molar-refractivity contribution in [3.63, 3.8) is 0 Å². The molecule has 0 spiro atoms. The van der Waals surface area contributed by atoms with Crippen LogP contribution in [0.3, 0.4) is 0 Å². The van der Waals surface area contributed by atoms with Crippen molar-refractivity contribution in [3.8, 4) is 0 Å². The zero-order chi connectivity index (χ0) is 13.8. The molecule has 0 amide bonds. The van der Waals surface area contributed by atoms with Crippen LogP contribution in [0.1, 0.15) is 31.9 Å². The zero-order valence-electron chi connectivity index (χ0n) is 12.2. The van der Waals surface area contributed by atoms with Gasteiger partial charge >= 0.3 is 0 Å². The van der Waals surface area contributed by atoms with Crippen molar-refractivity contribution in [1.82, 2.24) is 10.2 Å². The van der Waals surface area contributed by atoms with Gasteiger partial charge in [0.15, 0.2) is 0 Å². The Hall–Kier alpha value is -0.380. The number of nitrogens with one attached hydrogen (secondary N) is 1. The lowest BCUT2D eigenvalue weighted by Crippen LogP contribution is -2.40. The molecule has 0 aliphatic heterocycles. The fraction of sp³-hybridized carbons (Fsp3) is 0.600. The lowest BCUT2D eigenvalue weighted by Gasteiger charge is -2.23. The Morgan fingerprint density at radius 3 is 2.50 bits per heavy atom. The van der Waals surface area contributed by atoms with Crippen molar-refractivity contribution < 1.29 is 0 Å². The third-order valence-electron chi connectivity index (χ3n) is 2.84. The minimum Gasteiger partial charge on any atom is -0.311 e. The van der Waals surface area contributed by atoms with Crippen molar-refractivity contribution in [2.45, 2.75) is 39.8 Å². The number of rotatable bonds is 5. The minimum atomic E-state index is 0.202. The van der Waals surface area contributed by atoms with Crippen LogP contribution in [0.15, 0.2) is 22.7 Å². The highest BCUT2D eigenvalue weighted by Gasteiger charge is 2.08. The molecule has 0 aromatic heterocycles. The van der Waals surface area contributed by atoms with Crippen molar-refractivity contribution in [1.29, 1.82) is 0 Å². The number of benzene rings is 1. The molecule has 3 heteroatoms. The van der Waals surface area contributed by atoms with Crippen molar-refractivity contribution in [3.05, 3.63) is 33.8 Å². The third kappa shape index (κ3) is 5.98. The molecule has 2 nitrogen and oxygen atoms in total. The average molecular weight is 313 g/mol. The van der Waals surface area contributed by atoms with Crippen LogP contribution in [0.5, 0.6) is 0 Å². The second-order valence-electron chi connectivity index (χ2n) is 6.00. The smallest absolute Gasteiger partial charge is 0.0231 e. The number of likely N-dealkylation sites (N-methyl/N-ethyl adjacent to an activating group) is 1. The van der Waals surface area contributed by atoms with E-state index in [-0.39, 0.29) is 5.54 Å². The molecule has 1 rings (SSSR count). The first-order chi connectivity index (χ1) is 8.28. The van der Waals surface area contributed by atoms with Crippen LogP contribution in [0, 0.1) is 6.92 Å². The number of nitrogens with zero attached hydrogens (tertiary/aromatic N) is 1. The fourth-order valence-corrected chi connectivity index (χ4v) is 2.17. The van der Waals surface area contributed by atoms with Gasteiger partial charge in [-0.05, 0) is 51.9 Å². The lowest BCUT2D eigenvalue weighted by atomic mass is 10.1. The van der Waals surface area contributed by atoms with Crippen LogP contribution in [-0.4, -0.2) is 30.6 Å². The van der Waals surface area contributed by atoms with E-state index in [9.17, 15) is 0 Å². The van der Waals surface area contributed by atoms with Gasteiger partial charge in [-0.2, -0.15) is 0 Å². The minimum absolute atomic E-state index is 0.202. The predicted molar refractivity (Wildman–Crippen MR) is 83.0 cm³/mol. The van der Waals surface area contributed by atoms with Crippen LogP contribution >= 0.6 is 15.9 Å². The van der Waals surface area contributed by atoms with Gasteiger partial charge in [0.1, 0.15) is 0 Å². The van der Waals surface area contributed by atoms with Gasteiger partial charge in [-0.15, -0.1) is 0 Å². The molecule has 1 N–H and O–H groups in total. The van der Waals surface area contributed by atoms with E-state index in [1.807, 2.05) is 0 Å². The van der Waals surface area contributed by atoms with Gasteiger partial charge in [0, 0.05) is 29.6 Å². The number of hydrogen-bond donors (Lipinski definition) is 1. The van der Waals surface area contributed by atoms with E-state index < -0.39 is 0 Å². The van der Waals surface area contributed by atoms with Crippen LogP contribution < -0.4 is 5.32 Å². The van der Waals surface area contributed by atoms with Crippen LogP contribution in [-0.2, 0) is 6.54 Å². The van der Waals surface area contributed by atoms with Gasteiger partial charge < -0.3 is 10.2 Å². The SMILES string of the molecule is Cc1ccc(CN(C)CCNC(C)(C)C)cc1Br. The fourth-order valence-electron chi connectivity index (χ4n) is 1.75. The Labute approximate surface area is 120 Å². The molecule has 0 aliphatic carbocycles. The molecule has 0 saturated carbocycles. The highest BCUT2D eigenvalue weighted by Crippen LogP contribution is 2.18. The molecule has 0 bridgehead atoms. The predicted octanol–water partition coefficient (Wildman–Crippen LogP) is 3.58. The van der Waals surface area contributed by atoms with E-state index in [1.165, 1.54) is 15.6 Å².